The van der Waals surface area contributed by atoms with E-state index in [2.05, 4.69) is 16.3 Å². The first-order chi connectivity index (χ1) is 7.70. The zero-order valence-corrected chi connectivity index (χ0v) is 9.36. The van der Waals surface area contributed by atoms with Crippen molar-refractivity contribution in [2.24, 2.45) is 0 Å². The van der Waals surface area contributed by atoms with Gasteiger partial charge in [-0.15, -0.1) is 10.2 Å². The molecule has 1 aromatic carbocycles. The normalized spacial score (nSPS) is 9.81. The lowest BCUT2D eigenvalue weighted by Crippen LogP contribution is -1.92. The Morgan fingerprint density at radius 2 is 2.06 bits per heavy atom. The number of aromatic nitrogens is 2. The van der Waals surface area contributed by atoms with Gasteiger partial charge >= 0.3 is 0 Å². The number of aryl methyl sites for hydroxylation is 1. The van der Waals surface area contributed by atoms with E-state index < -0.39 is 0 Å². The van der Waals surface area contributed by atoms with E-state index in [1.165, 1.54) is 0 Å². The van der Waals surface area contributed by atoms with Crippen molar-refractivity contribution in [1.29, 1.82) is 5.26 Å². The molecule has 0 aliphatic carbocycles. The van der Waals surface area contributed by atoms with Gasteiger partial charge in [-0.25, -0.2) is 0 Å². The van der Waals surface area contributed by atoms with Gasteiger partial charge in [0.2, 0.25) is 0 Å². The third-order valence-corrected chi connectivity index (χ3v) is 2.40. The second kappa shape index (κ2) is 4.30. The van der Waals surface area contributed by atoms with E-state index in [4.69, 9.17) is 16.9 Å². The molecule has 0 unspecified atom stereocenters. The zero-order valence-electron chi connectivity index (χ0n) is 8.61. The van der Waals surface area contributed by atoms with Crippen molar-refractivity contribution in [3.63, 3.8) is 0 Å². The van der Waals surface area contributed by atoms with Gasteiger partial charge in [0.15, 0.2) is 5.15 Å². The quantitative estimate of drug-likeness (QED) is 0.755. The molecule has 0 saturated heterocycles. The summed E-state index contributed by atoms with van der Waals surface area (Å²) in [4.78, 5) is 0. The van der Waals surface area contributed by atoms with Gasteiger partial charge in [0.25, 0.3) is 0 Å². The summed E-state index contributed by atoms with van der Waals surface area (Å²) in [6.45, 7) is 1.91. The minimum Gasteiger partial charge on any atom is -0.192 e. The van der Waals surface area contributed by atoms with Crippen LogP contribution in [-0.4, -0.2) is 10.2 Å². The van der Waals surface area contributed by atoms with Crippen molar-refractivity contribution in [1.82, 2.24) is 10.2 Å². The van der Waals surface area contributed by atoms with E-state index in [-0.39, 0.29) is 0 Å². The van der Waals surface area contributed by atoms with E-state index in [9.17, 15) is 0 Å². The number of benzene rings is 1. The summed E-state index contributed by atoms with van der Waals surface area (Å²) in [5, 5.41) is 17.0. The summed E-state index contributed by atoms with van der Waals surface area (Å²) < 4.78 is 0. The highest BCUT2D eigenvalue weighted by atomic mass is 35.5. The summed E-state index contributed by atoms with van der Waals surface area (Å²) in [5.74, 6) is 0. The first-order valence-corrected chi connectivity index (χ1v) is 5.09. The molecule has 78 valence electrons. The van der Waals surface area contributed by atoms with Crippen LogP contribution >= 0.6 is 11.6 Å². The Hall–Kier alpha value is -1.92. The SMILES string of the molecule is Cc1cc(Cl)nnc1-c1cccc(C#N)c1. The Bertz CT molecular complexity index is 573. The predicted molar refractivity (Wildman–Crippen MR) is 61.9 cm³/mol. The van der Waals surface area contributed by atoms with Crippen molar-refractivity contribution in [2.75, 3.05) is 0 Å². The Balaban J connectivity index is 2.55. The minimum absolute atomic E-state index is 0.373. The number of hydrogen-bond donors (Lipinski definition) is 0. The van der Waals surface area contributed by atoms with Crippen molar-refractivity contribution in [2.45, 2.75) is 6.92 Å². The summed E-state index contributed by atoms with van der Waals surface area (Å²) in [5.41, 5.74) is 3.17. The Morgan fingerprint density at radius 1 is 1.25 bits per heavy atom. The van der Waals surface area contributed by atoms with Gasteiger partial charge in [-0.05, 0) is 30.7 Å². The maximum Gasteiger partial charge on any atom is 0.152 e. The number of rotatable bonds is 1. The molecule has 0 fully saturated rings. The number of hydrogen-bond acceptors (Lipinski definition) is 3. The molecular formula is C12H8ClN3. The second-order valence-electron chi connectivity index (χ2n) is 3.39. The van der Waals surface area contributed by atoms with Crippen LogP contribution in [0.25, 0.3) is 11.3 Å². The molecule has 0 amide bonds. The van der Waals surface area contributed by atoms with E-state index in [1.807, 2.05) is 19.1 Å². The van der Waals surface area contributed by atoms with E-state index >= 15 is 0 Å². The maximum atomic E-state index is 8.82. The van der Waals surface area contributed by atoms with Crippen LogP contribution in [0.1, 0.15) is 11.1 Å². The van der Waals surface area contributed by atoms with Crippen molar-refractivity contribution < 1.29 is 0 Å². The summed E-state index contributed by atoms with van der Waals surface area (Å²) in [6.07, 6.45) is 0. The summed E-state index contributed by atoms with van der Waals surface area (Å²) >= 11 is 5.74. The fourth-order valence-corrected chi connectivity index (χ4v) is 1.68. The van der Waals surface area contributed by atoms with Gasteiger partial charge in [-0.3, -0.25) is 0 Å². The van der Waals surface area contributed by atoms with Gasteiger partial charge in [0.05, 0.1) is 17.3 Å². The number of halogens is 1. The standard InChI is InChI=1S/C12H8ClN3/c1-8-5-11(13)15-16-12(8)10-4-2-3-9(6-10)7-14/h2-6H,1H3. The van der Waals surface area contributed by atoms with Gasteiger partial charge in [-0.1, -0.05) is 23.7 Å². The molecule has 0 atom stereocenters. The zero-order chi connectivity index (χ0) is 11.5. The molecule has 0 N–H and O–H groups in total. The van der Waals surface area contributed by atoms with Crippen molar-refractivity contribution >= 4 is 11.6 Å². The van der Waals surface area contributed by atoms with Crippen LogP contribution in [0.4, 0.5) is 0 Å². The average Bonchev–Trinajstić information content (AvgIpc) is 2.29. The monoisotopic (exact) mass is 229 g/mol. The molecule has 0 bridgehead atoms. The molecule has 1 aromatic heterocycles. The molecule has 0 radical (unpaired) electrons. The van der Waals surface area contributed by atoms with Crippen LogP contribution in [0.15, 0.2) is 30.3 Å². The minimum atomic E-state index is 0.373. The Morgan fingerprint density at radius 3 is 2.75 bits per heavy atom. The van der Waals surface area contributed by atoms with Gasteiger partial charge in [-0.2, -0.15) is 5.26 Å². The molecule has 0 saturated carbocycles. The molecule has 2 aromatic rings. The van der Waals surface area contributed by atoms with Crippen molar-refractivity contribution in [3.8, 4) is 17.3 Å². The average molecular weight is 230 g/mol. The number of nitriles is 1. The molecule has 1 heterocycles. The molecule has 0 aliphatic rings. The molecule has 0 aliphatic heterocycles. The Labute approximate surface area is 98.3 Å². The largest absolute Gasteiger partial charge is 0.192 e. The number of nitrogens with zero attached hydrogens (tertiary/aromatic N) is 3. The van der Waals surface area contributed by atoms with Crippen molar-refractivity contribution in [3.05, 3.63) is 46.6 Å². The lowest BCUT2D eigenvalue weighted by atomic mass is 10.1. The van der Waals surface area contributed by atoms with E-state index in [0.717, 1.165) is 16.8 Å². The highest BCUT2D eigenvalue weighted by molar-refractivity contribution is 6.29. The van der Waals surface area contributed by atoms with Gasteiger partial charge in [0.1, 0.15) is 0 Å². The third-order valence-electron chi connectivity index (χ3n) is 2.22. The predicted octanol–water partition coefficient (Wildman–Crippen LogP) is 2.98. The van der Waals surface area contributed by atoms with Crippen LogP contribution in [0.3, 0.4) is 0 Å². The summed E-state index contributed by atoms with van der Waals surface area (Å²) in [6, 6.07) is 11.1. The lowest BCUT2D eigenvalue weighted by Gasteiger charge is -2.04. The van der Waals surface area contributed by atoms with Crippen LogP contribution in [-0.2, 0) is 0 Å². The molecule has 3 nitrogen and oxygen atoms in total. The lowest BCUT2D eigenvalue weighted by molar-refractivity contribution is 1.02. The molecule has 0 spiro atoms. The molecule has 4 heteroatoms. The summed E-state index contributed by atoms with van der Waals surface area (Å²) in [7, 11) is 0. The van der Waals surface area contributed by atoms with E-state index in [0.29, 0.717) is 10.7 Å². The van der Waals surface area contributed by atoms with Crippen LogP contribution in [0.5, 0.6) is 0 Å². The molecule has 16 heavy (non-hydrogen) atoms. The second-order valence-corrected chi connectivity index (χ2v) is 3.78. The first-order valence-electron chi connectivity index (χ1n) is 4.71. The first kappa shape index (κ1) is 10.6. The Kier molecular flexibility index (Phi) is 2.84. The van der Waals surface area contributed by atoms with E-state index in [1.54, 1.807) is 18.2 Å². The highest BCUT2D eigenvalue weighted by Crippen LogP contribution is 2.22. The van der Waals surface area contributed by atoms with Crippen LogP contribution in [0, 0.1) is 18.3 Å². The fourth-order valence-electron chi connectivity index (χ4n) is 1.47. The molecule has 2 rings (SSSR count). The van der Waals surface area contributed by atoms with Gasteiger partial charge in [0, 0.05) is 5.56 Å². The topological polar surface area (TPSA) is 49.6 Å². The maximum absolute atomic E-state index is 8.82. The highest BCUT2D eigenvalue weighted by Gasteiger charge is 2.05. The van der Waals surface area contributed by atoms with Crippen LogP contribution in [0.2, 0.25) is 5.15 Å². The van der Waals surface area contributed by atoms with Gasteiger partial charge < -0.3 is 0 Å². The fraction of sp³-hybridized carbons (Fsp3) is 0.0833. The molecular weight excluding hydrogens is 222 g/mol. The smallest absolute Gasteiger partial charge is 0.152 e. The third kappa shape index (κ3) is 2.02. The van der Waals surface area contributed by atoms with Crippen LogP contribution < -0.4 is 0 Å².